The van der Waals surface area contributed by atoms with E-state index in [2.05, 4.69) is 177 Å². The Bertz CT molecular complexity index is 3240. The van der Waals surface area contributed by atoms with Crippen LogP contribution < -0.4 is 14.5 Å². The van der Waals surface area contributed by atoms with Crippen LogP contribution >= 0.6 is 0 Å². The Balaban J connectivity index is 1.22. The summed E-state index contributed by atoms with van der Waals surface area (Å²) in [6, 6.07) is 34.3. The predicted octanol–water partition coefficient (Wildman–Crippen LogP) is 15.0. The van der Waals surface area contributed by atoms with Crippen LogP contribution in [0, 0.1) is 0 Å². The van der Waals surface area contributed by atoms with E-state index in [4.69, 9.17) is 4.74 Å². The molecule has 3 aliphatic rings. The fourth-order valence-corrected chi connectivity index (χ4v) is 13.2. The van der Waals surface area contributed by atoms with Crippen LogP contribution in [-0.4, -0.2) is 73.9 Å². The fourth-order valence-electron chi connectivity index (χ4n) is 12.0. The van der Waals surface area contributed by atoms with Gasteiger partial charge in [0.05, 0.1) is 21.3 Å². The number of fused-ring (bicyclic) bond motifs is 6. The highest BCUT2D eigenvalue weighted by molar-refractivity contribution is 7.85. The fraction of sp³-hybridized carbons (Fsp3) is 0.453. The number of unbranched alkanes of at least 4 members (excludes halogenated alkanes) is 8. The van der Waals surface area contributed by atoms with Gasteiger partial charge in [0.1, 0.15) is 18.1 Å². The summed E-state index contributed by atoms with van der Waals surface area (Å²) < 4.78 is 77.8. The molecule has 76 heavy (non-hydrogen) atoms. The van der Waals surface area contributed by atoms with Gasteiger partial charge in [0.2, 0.25) is 5.69 Å². The van der Waals surface area contributed by atoms with Crippen LogP contribution in [0.5, 0.6) is 5.75 Å². The number of anilines is 2. The first-order chi connectivity index (χ1) is 36.4. The Morgan fingerprint density at radius 2 is 1.30 bits per heavy atom. The second-order valence-corrected chi connectivity index (χ2v) is 25.3. The molecular formula is C64H81N3O7S2. The molecule has 0 saturated heterocycles. The number of ether oxygens (including phenoxy) is 1. The first-order valence-corrected chi connectivity index (χ1v) is 31.3. The molecule has 0 radical (unpaired) electrons. The SMILES string of the molecule is CCCCCCN(CCCCCC)c1ccc(OC2=C(/C=C/C3=[N+](CCCCS(=O)(=O)O)c4ccc5ccccc5c4C3(C)C)CCC/C2=C\C=C2\N(CCCCS(=O)(=O)[O-])c3ccc4ccccc4c3C2(C)C)cc1. The number of benzene rings is 5. The molecule has 0 fully saturated rings. The average molecular weight is 1070 g/mol. The number of hydrogen-bond acceptors (Lipinski definition) is 8. The number of hydrogen-bond donors (Lipinski definition) is 1. The Hall–Kier alpha value is -5.53. The van der Waals surface area contributed by atoms with E-state index in [9.17, 15) is 25.9 Å². The zero-order valence-corrected chi connectivity index (χ0v) is 47.6. The molecule has 5 aromatic rings. The van der Waals surface area contributed by atoms with E-state index < -0.39 is 31.1 Å². The normalized spacial score (nSPS) is 17.5. The van der Waals surface area contributed by atoms with Crippen molar-refractivity contribution in [3.63, 3.8) is 0 Å². The van der Waals surface area contributed by atoms with E-state index in [1.807, 2.05) is 0 Å². The van der Waals surface area contributed by atoms with Crippen LogP contribution in [-0.2, 0) is 31.1 Å². The van der Waals surface area contributed by atoms with Crippen LogP contribution in [0.25, 0.3) is 21.5 Å². The Labute approximate surface area is 454 Å². The molecule has 0 unspecified atom stereocenters. The van der Waals surface area contributed by atoms with Gasteiger partial charge in [-0.1, -0.05) is 127 Å². The highest BCUT2D eigenvalue weighted by Crippen LogP contribution is 2.51. The summed E-state index contributed by atoms with van der Waals surface area (Å²) in [5, 5.41) is 4.69. The minimum absolute atomic E-state index is 0.279. The first kappa shape index (κ1) is 56.7. The van der Waals surface area contributed by atoms with Gasteiger partial charge in [-0.3, -0.25) is 4.55 Å². The quantitative estimate of drug-likeness (QED) is 0.0327. The standard InChI is InChI=1S/C64H81N3O7S2/c1-7-9-11-17-42-65(43-18-12-10-8-2)52-34-36-53(37-35-52)74-62-50(32-40-58-63(3,4)60-54-28-15-13-24-48(54)30-38-56(60)66(58)44-19-21-46-75(68,69)70)26-23-27-51(62)33-41-59-64(5,6)61-55-29-16-14-25-49(55)31-39-57(61)67(59)45-20-22-47-76(71,72)73/h13-16,24-25,28-41H,7-12,17-23,26-27,42-47H2,1-6H3,(H-,68,69,70,71,72,73). The molecular weight excluding hydrogens is 987 g/mol. The molecule has 0 spiro atoms. The summed E-state index contributed by atoms with van der Waals surface area (Å²) in [6.07, 6.45) is 22.9. The van der Waals surface area contributed by atoms with Crippen molar-refractivity contribution in [2.45, 2.75) is 149 Å². The Kier molecular flexibility index (Phi) is 18.5. The molecule has 0 bridgehead atoms. The molecule has 0 atom stereocenters. The summed E-state index contributed by atoms with van der Waals surface area (Å²) >= 11 is 0. The first-order valence-electron chi connectivity index (χ1n) is 28.1. The smallest absolute Gasteiger partial charge is 0.264 e. The van der Waals surface area contributed by atoms with Crippen LogP contribution in [0.1, 0.15) is 149 Å². The molecule has 8 rings (SSSR count). The van der Waals surface area contributed by atoms with Crippen molar-refractivity contribution in [2.75, 3.05) is 47.5 Å². The summed E-state index contributed by atoms with van der Waals surface area (Å²) in [4.78, 5) is 4.87. The van der Waals surface area contributed by atoms with Crippen molar-refractivity contribution in [1.82, 2.24) is 0 Å². The van der Waals surface area contributed by atoms with Crippen molar-refractivity contribution in [3.8, 4) is 5.75 Å². The lowest BCUT2D eigenvalue weighted by molar-refractivity contribution is -0.438. The molecule has 0 amide bonds. The van der Waals surface area contributed by atoms with Gasteiger partial charge < -0.3 is 19.1 Å². The van der Waals surface area contributed by atoms with Gasteiger partial charge in [0.25, 0.3) is 10.1 Å². The molecule has 2 aliphatic heterocycles. The second kappa shape index (κ2) is 24.9. The van der Waals surface area contributed by atoms with Gasteiger partial charge in [-0.15, -0.1) is 0 Å². The van der Waals surface area contributed by atoms with Crippen LogP contribution in [0.2, 0.25) is 0 Å². The van der Waals surface area contributed by atoms with Gasteiger partial charge in [0, 0.05) is 72.0 Å². The lowest BCUT2D eigenvalue weighted by Crippen LogP contribution is -2.28. The van der Waals surface area contributed by atoms with Crippen molar-refractivity contribution in [3.05, 3.63) is 155 Å². The van der Waals surface area contributed by atoms with E-state index in [-0.39, 0.29) is 17.9 Å². The van der Waals surface area contributed by atoms with Crippen LogP contribution in [0.4, 0.5) is 17.1 Å². The summed E-state index contributed by atoms with van der Waals surface area (Å²) in [5.41, 5.74) is 9.42. The van der Waals surface area contributed by atoms with Crippen molar-refractivity contribution in [2.24, 2.45) is 0 Å². The maximum absolute atomic E-state index is 11.8. The highest BCUT2D eigenvalue weighted by atomic mass is 32.2. The molecule has 0 aromatic heterocycles. The van der Waals surface area contributed by atoms with Crippen molar-refractivity contribution < 1.29 is 35.3 Å². The van der Waals surface area contributed by atoms with E-state index in [0.717, 1.165) is 83.2 Å². The van der Waals surface area contributed by atoms with E-state index in [0.29, 0.717) is 32.4 Å². The zero-order chi connectivity index (χ0) is 54.1. The van der Waals surface area contributed by atoms with Crippen LogP contribution in [0.15, 0.2) is 144 Å². The third-order valence-corrected chi connectivity index (χ3v) is 17.5. The minimum Gasteiger partial charge on any atom is -0.748 e. The third kappa shape index (κ3) is 13.4. The summed E-state index contributed by atoms with van der Waals surface area (Å²) in [7, 11) is -8.42. The van der Waals surface area contributed by atoms with E-state index in [1.165, 1.54) is 84.3 Å². The molecule has 12 heteroatoms. The maximum Gasteiger partial charge on any atom is 0.264 e. The van der Waals surface area contributed by atoms with Gasteiger partial charge in [-0.05, 0) is 152 Å². The van der Waals surface area contributed by atoms with Gasteiger partial charge >= 0.3 is 0 Å². The molecule has 0 saturated carbocycles. The van der Waals surface area contributed by atoms with Crippen molar-refractivity contribution in [1.29, 1.82) is 0 Å². The number of nitrogens with zero attached hydrogens (tertiary/aromatic N) is 3. The summed E-state index contributed by atoms with van der Waals surface area (Å²) in [6.45, 7) is 16.8. The van der Waals surface area contributed by atoms with Crippen molar-refractivity contribution >= 4 is 64.6 Å². The van der Waals surface area contributed by atoms with Gasteiger partial charge in [0.15, 0.2) is 5.71 Å². The molecule has 2 heterocycles. The Morgan fingerprint density at radius 3 is 1.95 bits per heavy atom. The lowest BCUT2D eigenvalue weighted by Gasteiger charge is -2.28. The topological polar surface area (TPSA) is 130 Å². The molecule has 1 N–H and O–H groups in total. The minimum atomic E-state index is -4.33. The number of rotatable bonds is 26. The molecule has 1 aliphatic carbocycles. The van der Waals surface area contributed by atoms with Crippen LogP contribution in [0.3, 0.4) is 0 Å². The predicted molar refractivity (Wildman–Crippen MR) is 314 cm³/mol. The van der Waals surface area contributed by atoms with E-state index in [1.54, 1.807) is 0 Å². The number of allylic oxidation sites excluding steroid dienone is 7. The van der Waals surface area contributed by atoms with E-state index >= 15 is 0 Å². The Morgan fingerprint density at radius 1 is 0.671 bits per heavy atom. The third-order valence-electron chi connectivity index (χ3n) is 15.9. The lowest BCUT2D eigenvalue weighted by atomic mass is 9.78. The van der Waals surface area contributed by atoms with Gasteiger partial charge in [-0.2, -0.15) is 13.0 Å². The largest absolute Gasteiger partial charge is 0.748 e. The van der Waals surface area contributed by atoms with Gasteiger partial charge in [-0.25, -0.2) is 8.42 Å². The molecule has 10 nitrogen and oxygen atoms in total. The monoisotopic (exact) mass is 1070 g/mol. The molecule has 5 aromatic carbocycles. The zero-order valence-electron chi connectivity index (χ0n) is 46.0. The highest BCUT2D eigenvalue weighted by Gasteiger charge is 2.46. The average Bonchev–Trinajstić information content (AvgIpc) is 3.77. The second-order valence-electron chi connectivity index (χ2n) is 22.3. The maximum atomic E-state index is 11.8. The summed E-state index contributed by atoms with van der Waals surface area (Å²) in [5.74, 6) is 0.930. The molecule has 406 valence electrons.